The van der Waals surface area contributed by atoms with Crippen LogP contribution < -0.4 is 0 Å². The summed E-state index contributed by atoms with van der Waals surface area (Å²) in [6.45, 7) is 6.47. The first-order chi connectivity index (χ1) is 13.5. The van der Waals surface area contributed by atoms with Crippen LogP contribution in [0.3, 0.4) is 0 Å². The van der Waals surface area contributed by atoms with Crippen LogP contribution in [0.4, 0.5) is 0 Å². The lowest BCUT2D eigenvalue weighted by Gasteiger charge is -2.11. The first-order valence-corrected chi connectivity index (χ1v) is 9.82. The van der Waals surface area contributed by atoms with E-state index in [-0.39, 0.29) is 5.91 Å². The zero-order valence-electron chi connectivity index (χ0n) is 16.6. The SMILES string of the molecule is Cc1cccc(CC(=O)n2cc(-c3ccccc3C(C)C)c3ccccc32)c1. The summed E-state index contributed by atoms with van der Waals surface area (Å²) in [6.07, 6.45) is 2.41. The van der Waals surface area contributed by atoms with Crippen molar-refractivity contribution < 1.29 is 4.79 Å². The Morgan fingerprint density at radius 2 is 1.64 bits per heavy atom. The van der Waals surface area contributed by atoms with Crippen molar-refractivity contribution in [1.29, 1.82) is 0 Å². The van der Waals surface area contributed by atoms with Crippen molar-refractivity contribution in [2.24, 2.45) is 0 Å². The predicted octanol–water partition coefficient (Wildman–Crippen LogP) is 6.62. The number of aromatic nitrogens is 1. The van der Waals surface area contributed by atoms with E-state index in [1.165, 1.54) is 16.7 Å². The summed E-state index contributed by atoms with van der Waals surface area (Å²) in [4.78, 5) is 13.2. The molecule has 0 aliphatic carbocycles. The maximum absolute atomic E-state index is 13.2. The molecule has 2 heteroatoms. The van der Waals surface area contributed by atoms with E-state index in [0.717, 1.165) is 22.0 Å². The number of hydrogen-bond donors (Lipinski definition) is 0. The van der Waals surface area contributed by atoms with Gasteiger partial charge in [0.15, 0.2) is 0 Å². The van der Waals surface area contributed by atoms with Crippen molar-refractivity contribution in [2.45, 2.75) is 33.1 Å². The number of rotatable bonds is 4. The van der Waals surface area contributed by atoms with Gasteiger partial charge in [0.25, 0.3) is 0 Å². The molecule has 28 heavy (non-hydrogen) atoms. The predicted molar refractivity (Wildman–Crippen MR) is 117 cm³/mol. The van der Waals surface area contributed by atoms with E-state index in [4.69, 9.17) is 0 Å². The Hall–Kier alpha value is -3.13. The van der Waals surface area contributed by atoms with Gasteiger partial charge in [-0.2, -0.15) is 0 Å². The van der Waals surface area contributed by atoms with Gasteiger partial charge >= 0.3 is 0 Å². The first kappa shape index (κ1) is 18.2. The van der Waals surface area contributed by atoms with Crippen LogP contribution in [-0.4, -0.2) is 10.5 Å². The fourth-order valence-corrected chi connectivity index (χ4v) is 3.93. The highest BCUT2D eigenvalue weighted by Gasteiger charge is 2.17. The molecular formula is C26H25NO. The number of hydrogen-bond acceptors (Lipinski definition) is 1. The quantitative estimate of drug-likeness (QED) is 0.397. The minimum atomic E-state index is 0.0927. The van der Waals surface area contributed by atoms with Crippen molar-refractivity contribution in [2.75, 3.05) is 0 Å². The normalized spacial score (nSPS) is 11.3. The topological polar surface area (TPSA) is 22.0 Å². The summed E-state index contributed by atoms with van der Waals surface area (Å²) in [5.41, 5.74) is 6.82. The number of para-hydroxylation sites is 1. The summed E-state index contributed by atoms with van der Waals surface area (Å²) < 4.78 is 1.82. The number of nitrogens with zero attached hydrogens (tertiary/aromatic N) is 1. The average molecular weight is 367 g/mol. The fraction of sp³-hybridized carbons (Fsp3) is 0.192. The molecule has 0 aliphatic heterocycles. The Balaban J connectivity index is 1.83. The van der Waals surface area contributed by atoms with Crippen LogP contribution in [0.15, 0.2) is 79.0 Å². The van der Waals surface area contributed by atoms with Gasteiger partial charge in [0.05, 0.1) is 11.9 Å². The molecule has 0 unspecified atom stereocenters. The summed E-state index contributed by atoms with van der Waals surface area (Å²) in [5.74, 6) is 0.511. The lowest BCUT2D eigenvalue weighted by Crippen LogP contribution is -2.12. The molecule has 1 aromatic heterocycles. The highest BCUT2D eigenvalue weighted by Crippen LogP contribution is 2.35. The number of carbonyl (C=O) groups is 1. The standard InChI is InChI=1S/C26H25NO/c1-18(2)21-11-4-5-12-22(21)24-17-27(25-14-7-6-13-23(24)25)26(28)16-20-10-8-9-19(3)15-20/h4-15,17-18H,16H2,1-3H3. The molecule has 0 amide bonds. The Kier molecular flexibility index (Phi) is 4.87. The molecule has 0 fully saturated rings. The number of aryl methyl sites for hydroxylation is 1. The van der Waals surface area contributed by atoms with Crippen LogP contribution in [0, 0.1) is 6.92 Å². The first-order valence-electron chi connectivity index (χ1n) is 9.82. The zero-order chi connectivity index (χ0) is 19.7. The molecule has 3 aromatic carbocycles. The third-order valence-electron chi connectivity index (χ3n) is 5.29. The van der Waals surface area contributed by atoms with Crippen molar-refractivity contribution in [3.8, 4) is 11.1 Å². The molecule has 0 saturated heterocycles. The molecule has 0 bridgehead atoms. The molecule has 0 atom stereocenters. The third kappa shape index (κ3) is 3.38. The Labute approximate surface area is 166 Å². The summed E-state index contributed by atoms with van der Waals surface area (Å²) in [7, 11) is 0. The lowest BCUT2D eigenvalue weighted by molar-refractivity contribution is 0.0919. The maximum atomic E-state index is 13.2. The lowest BCUT2D eigenvalue weighted by atomic mass is 9.92. The number of fused-ring (bicyclic) bond motifs is 1. The van der Waals surface area contributed by atoms with Gasteiger partial charge in [0.1, 0.15) is 0 Å². The van der Waals surface area contributed by atoms with Crippen LogP contribution in [0.1, 0.15) is 41.3 Å². The largest absolute Gasteiger partial charge is 0.286 e. The Morgan fingerprint density at radius 1 is 0.893 bits per heavy atom. The van der Waals surface area contributed by atoms with Gasteiger partial charge in [-0.25, -0.2) is 0 Å². The zero-order valence-corrected chi connectivity index (χ0v) is 16.6. The Morgan fingerprint density at radius 3 is 2.43 bits per heavy atom. The van der Waals surface area contributed by atoms with Gasteiger partial charge in [-0.05, 0) is 35.6 Å². The second-order valence-electron chi connectivity index (χ2n) is 7.73. The van der Waals surface area contributed by atoms with Crippen LogP contribution in [0.2, 0.25) is 0 Å². The molecular weight excluding hydrogens is 342 g/mol. The third-order valence-corrected chi connectivity index (χ3v) is 5.29. The van der Waals surface area contributed by atoms with Gasteiger partial charge in [0.2, 0.25) is 5.91 Å². The molecule has 0 radical (unpaired) electrons. The second kappa shape index (κ2) is 7.47. The van der Waals surface area contributed by atoms with E-state index in [0.29, 0.717) is 12.3 Å². The second-order valence-corrected chi connectivity index (χ2v) is 7.73. The number of benzene rings is 3. The van der Waals surface area contributed by atoms with Gasteiger partial charge < -0.3 is 0 Å². The van der Waals surface area contributed by atoms with Crippen LogP contribution >= 0.6 is 0 Å². The molecule has 0 aliphatic rings. The van der Waals surface area contributed by atoms with E-state index >= 15 is 0 Å². The van der Waals surface area contributed by atoms with E-state index < -0.39 is 0 Å². The molecule has 1 heterocycles. The average Bonchev–Trinajstić information content (AvgIpc) is 3.08. The molecule has 2 nitrogen and oxygen atoms in total. The molecule has 0 spiro atoms. The van der Waals surface area contributed by atoms with Crippen molar-refractivity contribution in [3.05, 3.63) is 95.7 Å². The van der Waals surface area contributed by atoms with Crippen LogP contribution in [0.25, 0.3) is 22.0 Å². The van der Waals surface area contributed by atoms with Gasteiger partial charge in [-0.15, -0.1) is 0 Å². The van der Waals surface area contributed by atoms with E-state index in [1.807, 2.05) is 41.1 Å². The van der Waals surface area contributed by atoms with Crippen molar-refractivity contribution in [1.82, 2.24) is 4.57 Å². The molecule has 4 rings (SSSR count). The highest BCUT2D eigenvalue weighted by molar-refractivity contribution is 6.02. The monoisotopic (exact) mass is 367 g/mol. The van der Waals surface area contributed by atoms with Crippen LogP contribution in [-0.2, 0) is 6.42 Å². The molecule has 0 saturated carbocycles. The number of carbonyl (C=O) groups excluding carboxylic acids is 1. The minimum Gasteiger partial charge on any atom is -0.286 e. The minimum absolute atomic E-state index is 0.0927. The van der Waals surface area contributed by atoms with Gasteiger partial charge in [-0.3, -0.25) is 9.36 Å². The summed E-state index contributed by atoms with van der Waals surface area (Å²) in [6, 6.07) is 24.8. The van der Waals surface area contributed by atoms with Gasteiger partial charge in [0, 0.05) is 17.1 Å². The van der Waals surface area contributed by atoms with E-state index in [2.05, 4.69) is 63.2 Å². The van der Waals surface area contributed by atoms with Crippen LogP contribution in [0.5, 0.6) is 0 Å². The summed E-state index contributed by atoms with van der Waals surface area (Å²) in [5, 5.41) is 1.12. The smallest absolute Gasteiger partial charge is 0.235 e. The summed E-state index contributed by atoms with van der Waals surface area (Å²) >= 11 is 0. The maximum Gasteiger partial charge on any atom is 0.235 e. The van der Waals surface area contributed by atoms with Crippen molar-refractivity contribution in [3.63, 3.8) is 0 Å². The van der Waals surface area contributed by atoms with Crippen molar-refractivity contribution >= 4 is 16.8 Å². The fourth-order valence-electron chi connectivity index (χ4n) is 3.93. The molecule has 140 valence electrons. The van der Waals surface area contributed by atoms with E-state index in [1.54, 1.807) is 0 Å². The molecule has 0 N–H and O–H groups in total. The molecule has 4 aromatic rings. The highest BCUT2D eigenvalue weighted by atomic mass is 16.2. The van der Waals surface area contributed by atoms with E-state index in [9.17, 15) is 4.79 Å². The van der Waals surface area contributed by atoms with Gasteiger partial charge in [-0.1, -0.05) is 86.1 Å². The Bertz CT molecular complexity index is 1150.